The summed E-state index contributed by atoms with van der Waals surface area (Å²) in [6, 6.07) is 0. The first-order valence-corrected chi connectivity index (χ1v) is 7.22. The van der Waals surface area contributed by atoms with E-state index in [0.29, 0.717) is 0 Å². The van der Waals surface area contributed by atoms with Gasteiger partial charge in [-0.2, -0.15) is 0 Å². The molecule has 2 heterocycles. The van der Waals surface area contributed by atoms with Crippen LogP contribution in [0.1, 0.15) is 37.5 Å². The minimum absolute atomic E-state index is 0.947. The molecule has 1 aromatic rings. The van der Waals surface area contributed by atoms with Crippen molar-refractivity contribution in [2.24, 2.45) is 0 Å². The second-order valence-electron chi connectivity index (χ2n) is 5.15. The van der Waals surface area contributed by atoms with E-state index in [1.54, 1.807) is 0 Å². The molecule has 4 heteroatoms. The van der Waals surface area contributed by atoms with Crippen molar-refractivity contribution in [1.29, 1.82) is 0 Å². The van der Waals surface area contributed by atoms with E-state index in [0.717, 1.165) is 45.6 Å². The summed E-state index contributed by atoms with van der Waals surface area (Å²) in [6.07, 6.45) is 3.40. The van der Waals surface area contributed by atoms with Crippen molar-refractivity contribution in [1.82, 2.24) is 19.8 Å². The third-order valence-corrected chi connectivity index (χ3v) is 3.78. The Morgan fingerprint density at radius 1 is 1.39 bits per heavy atom. The zero-order valence-electron chi connectivity index (χ0n) is 12.0. The molecule has 1 aromatic heterocycles. The lowest BCUT2D eigenvalue weighted by Crippen LogP contribution is -2.27. The molecular weight excluding hydrogens is 224 g/mol. The number of rotatable bonds is 6. The summed E-state index contributed by atoms with van der Waals surface area (Å²) in [5, 5.41) is 3.41. The first kappa shape index (κ1) is 13.6. The SMILES string of the molecule is CCCc1nc2c(n1CCN(C)CC)CCNC2. The molecule has 0 unspecified atom stereocenters. The fourth-order valence-electron chi connectivity index (χ4n) is 2.53. The van der Waals surface area contributed by atoms with Gasteiger partial charge in [-0.3, -0.25) is 0 Å². The van der Waals surface area contributed by atoms with Gasteiger partial charge in [0.25, 0.3) is 0 Å². The van der Waals surface area contributed by atoms with Crippen molar-refractivity contribution in [2.75, 3.05) is 26.7 Å². The van der Waals surface area contributed by atoms with Crippen molar-refractivity contribution < 1.29 is 0 Å². The van der Waals surface area contributed by atoms with Crippen LogP contribution in [-0.4, -0.2) is 41.1 Å². The molecular formula is C14H26N4. The summed E-state index contributed by atoms with van der Waals surface area (Å²) >= 11 is 0. The predicted molar refractivity (Wildman–Crippen MR) is 74.8 cm³/mol. The summed E-state index contributed by atoms with van der Waals surface area (Å²) in [5.74, 6) is 1.29. The van der Waals surface area contributed by atoms with E-state index in [-0.39, 0.29) is 0 Å². The molecule has 0 amide bonds. The smallest absolute Gasteiger partial charge is 0.109 e. The Morgan fingerprint density at radius 2 is 2.22 bits per heavy atom. The highest BCUT2D eigenvalue weighted by molar-refractivity contribution is 5.20. The van der Waals surface area contributed by atoms with Crippen molar-refractivity contribution in [3.63, 3.8) is 0 Å². The van der Waals surface area contributed by atoms with Gasteiger partial charge in [-0.1, -0.05) is 13.8 Å². The largest absolute Gasteiger partial charge is 0.330 e. The van der Waals surface area contributed by atoms with Crippen molar-refractivity contribution in [3.8, 4) is 0 Å². The quantitative estimate of drug-likeness (QED) is 0.829. The van der Waals surface area contributed by atoms with Crippen LogP contribution in [0.15, 0.2) is 0 Å². The van der Waals surface area contributed by atoms with Crippen molar-refractivity contribution >= 4 is 0 Å². The van der Waals surface area contributed by atoms with Crippen LogP contribution in [0.2, 0.25) is 0 Å². The molecule has 0 radical (unpaired) electrons. The number of hydrogen-bond acceptors (Lipinski definition) is 3. The third-order valence-electron chi connectivity index (χ3n) is 3.78. The molecule has 0 bridgehead atoms. The van der Waals surface area contributed by atoms with Gasteiger partial charge in [0.1, 0.15) is 5.82 Å². The molecule has 0 aromatic carbocycles. The maximum absolute atomic E-state index is 4.83. The number of likely N-dealkylation sites (N-methyl/N-ethyl adjacent to an activating group) is 1. The van der Waals surface area contributed by atoms with Crippen LogP contribution in [0, 0.1) is 0 Å². The number of aryl methyl sites for hydroxylation is 1. The normalized spacial score (nSPS) is 15.1. The van der Waals surface area contributed by atoms with Gasteiger partial charge < -0.3 is 14.8 Å². The van der Waals surface area contributed by atoms with Crippen LogP contribution in [0.3, 0.4) is 0 Å². The van der Waals surface area contributed by atoms with Gasteiger partial charge in [0, 0.05) is 44.7 Å². The monoisotopic (exact) mass is 250 g/mol. The van der Waals surface area contributed by atoms with Gasteiger partial charge in [-0.15, -0.1) is 0 Å². The summed E-state index contributed by atoms with van der Waals surface area (Å²) in [7, 11) is 2.18. The Hall–Kier alpha value is -0.870. The Morgan fingerprint density at radius 3 is 2.94 bits per heavy atom. The molecule has 1 N–H and O–H groups in total. The lowest BCUT2D eigenvalue weighted by Gasteiger charge is -2.19. The minimum Gasteiger partial charge on any atom is -0.330 e. The van der Waals surface area contributed by atoms with Crippen LogP contribution >= 0.6 is 0 Å². The molecule has 4 nitrogen and oxygen atoms in total. The summed E-state index contributed by atoms with van der Waals surface area (Å²) in [5.41, 5.74) is 2.76. The van der Waals surface area contributed by atoms with Crippen LogP contribution in [0.25, 0.3) is 0 Å². The Balaban J connectivity index is 2.16. The standard InChI is InChI=1S/C14H26N4/c1-4-6-14-16-12-11-15-8-7-13(12)18(14)10-9-17(3)5-2/h15H,4-11H2,1-3H3. The van der Waals surface area contributed by atoms with E-state index in [4.69, 9.17) is 4.98 Å². The van der Waals surface area contributed by atoms with Gasteiger partial charge in [0.2, 0.25) is 0 Å². The molecule has 18 heavy (non-hydrogen) atoms. The molecule has 0 spiro atoms. The average molecular weight is 250 g/mol. The van der Waals surface area contributed by atoms with E-state index in [1.165, 1.54) is 23.6 Å². The number of imidazole rings is 1. The molecule has 1 aliphatic rings. The molecule has 0 saturated heterocycles. The minimum atomic E-state index is 0.947. The highest BCUT2D eigenvalue weighted by Gasteiger charge is 2.18. The van der Waals surface area contributed by atoms with Crippen LogP contribution in [0.4, 0.5) is 0 Å². The predicted octanol–water partition coefficient (Wildman–Crippen LogP) is 1.43. The summed E-state index contributed by atoms with van der Waals surface area (Å²) in [6.45, 7) is 9.79. The van der Waals surface area contributed by atoms with Gasteiger partial charge >= 0.3 is 0 Å². The van der Waals surface area contributed by atoms with Gasteiger partial charge in [0.05, 0.1) is 5.69 Å². The molecule has 0 aliphatic carbocycles. The van der Waals surface area contributed by atoms with E-state index < -0.39 is 0 Å². The highest BCUT2D eigenvalue weighted by Crippen LogP contribution is 2.17. The number of nitrogens with zero attached hydrogens (tertiary/aromatic N) is 3. The topological polar surface area (TPSA) is 33.1 Å². The maximum atomic E-state index is 4.83. The Kier molecular flexibility index (Phi) is 4.78. The van der Waals surface area contributed by atoms with E-state index in [2.05, 4.69) is 35.7 Å². The molecule has 1 aliphatic heterocycles. The van der Waals surface area contributed by atoms with Crippen molar-refractivity contribution in [2.45, 2.75) is 46.2 Å². The molecule has 0 fully saturated rings. The van der Waals surface area contributed by atoms with Crippen LogP contribution in [0.5, 0.6) is 0 Å². The summed E-state index contributed by atoms with van der Waals surface area (Å²) in [4.78, 5) is 7.19. The van der Waals surface area contributed by atoms with Crippen LogP contribution in [-0.2, 0) is 25.9 Å². The second-order valence-corrected chi connectivity index (χ2v) is 5.15. The lowest BCUT2D eigenvalue weighted by molar-refractivity contribution is 0.330. The Bertz CT molecular complexity index is 383. The first-order valence-electron chi connectivity index (χ1n) is 7.22. The highest BCUT2D eigenvalue weighted by atomic mass is 15.2. The lowest BCUT2D eigenvalue weighted by atomic mass is 10.2. The fraction of sp³-hybridized carbons (Fsp3) is 0.786. The number of aromatic nitrogens is 2. The molecule has 0 atom stereocenters. The van der Waals surface area contributed by atoms with Gasteiger partial charge in [-0.25, -0.2) is 4.98 Å². The summed E-state index contributed by atoms with van der Waals surface area (Å²) < 4.78 is 2.48. The number of hydrogen-bond donors (Lipinski definition) is 1. The third kappa shape index (κ3) is 2.93. The second kappa shape index (κ2) is 6.34. The van der Waals surface area contributed by atoms with Crippen molar-refractivity contribution in [3.05, 3.63) is 17.2 Å². The zero-order chi connectivity index (χ0) is 13.0. The van der Waals surface area contributed by atoms with E-state index in [9.17, 15) is 0 Å². The molecule has 102 valence electrons. The average Bonchev–Trinajstić information content (AvgIpc) is 2.74. The van der Waals surface area contributed by atoms with Crippen LogP contribution < -0.4 is 5.32 Å². The maximum Gasteiger partial charge on any atom is 0.109 e. The molecule has 0 saturated carbocycles. The number of fused-ring (bicyclic) bond motifs is 1. The van der Waals surface area contributed by atoms with Gasteiger partial charge in [-0.05, 0) is 20.0 Å². The van der Waals surface area contributed by atoms with Gasteiger partial charge in [0.15, 0.2) is 0 Å². The Labute approximate surface area is 110 Å². The van der Waals surface area contributed by atoms with E-state index >= 15 is 0 Å². The fourth-order valence-corrected chi connectivity index (χ4v) is 2.53. The van der Waals surface area contributed by atoms with E-state index in [1.807, 2.05) is 0 Å². The molecule has 2 rings (SSSR count). The first-order chi connectivity index (χ1) is 8.76. The zero-order valence-corrected chi connectivity index (χ0v) is 12.0. The number of nitrogens with one attached hydrogen (secondary N) is 1.